The third-order valence-corrected chi connectivity index (χ3v) is 6.76. The molecule has 0 radical (unpaired) electrons. The number of amides is 1. The number of carbonyl (C=O) groups is 1. The van der Waals surface area contributed by atoms with Crippen molar-refractivity contribution in [1.82, 2.24) is 4.72 Å². The van der Waals surface area contributed by atoms with Crippen LogP contribution in [-0.2, 0) is 20.0 Å². The summed E-state index contributed by atoms with van der Waals surface area (Å²) in [5, 5.41) is 5.06. The van der Waals surface area contributed by atoms with Crippen LogP contribution in [-0.4, -0.2) is 35.5 Å². The summed E-state index contributed by atoms with van der Waals surface area (Å²) in [6.45, 7) is 3.33. The molecule has 0 aliphatic rings. The topological polar surface area (TPSA) is 133 Å². The fourth-order valence-electron chi connectivity index (χ4n) is 2.71. The Morgan fingerprint density at radius 3 is 2.29 bits per heavy atom. The second kappa shape index (κ2) is 11.1. The van der Waals surface area contributed by atoms with Crippen molar-refractivity contribution in [1.29, 1.82) is 0 Å². The van der Waals surface area contributed by atoms with Crippen LogP contribution in [0.5, 0.6) is 5.75 Å². The number of sulfonamides is 2. The fraction of sp³-hybridized carbons (Fsp3) is 0.318. The van der Waals surface area contributed by atoms with Crippen molar-refractivity contribution in [3.05, 3.63) is 53.6 Å². The zero-order valence-electron chi connectivity index (χ0n) is 18.7. The molecule has 0 spiro atoms. The molecule has 0 aliphatic carbocycles. The highest BCUT2D eigenvalue weighted by Crippen LogP contribution is 2.24. The first-order valence-electron chi connectivity index (χ1n) is 10.1. The Bertz CT molecular complexity index is 1360. The Morgan fingerprint density at radius 1 is 1.09 bits per heavy atom. The first-order valence-corrected chi connectivity index (χ1v) is 13.2. The average Bonchev–Trinajstić information content (AvgIpc) is 2.74. The van der Waals surface area contributed by atoms with Crippen LogP contribution >= 0.6 is 0 Å². The van der Waals surface area contributed by atoms with E-state index in [2.05, 4.69) is 11.8 Å². The molecule has 0 aliphatic heterocycles. The number of rotatable bonds is 8. The quantitative estimate of drug-likeness (QED) is 0.396. The lowest BCUT2D eigenvalue weighted by Crippen LogP contribution is -2.32. The lowest BCUT2D eigenvalue weighted by Gasteiger charge is -2.13. The van der Waals surface area contributed by atoms with E-state index in [1.807, 2.05) is 13.8 Å². The predicted molar refractivity (Wildman–Crippen MR) is 121 cm³/mol. The number of benzene rings is 2. The molecule has 0 aromatic heterocycles. The number of carbonyl (C=O) groups excluding carboxylic acids is 1. The second-order valence-corrected chi connectivity index (χ2v) is 10.8. The molecule has 0 unspecified atom stereocenters. The van der Waals surface area contributed by atoms with E-state index in [0.29, 0.717) is 5.56 Å². The predicted octanol–water partition coefficient (Wildman–Crippen LogP) is 3.18. The molecule has 0 atom stereocenters. The normalized spacial score (nSPS) is 12.1. The van der Waals surface area contributed by atoms with Gasteiger partial charge in [0, 0.05) is 17.9 Å². The molecular weight excluding hydrogens is 509 g/mol. The maximum Gasteiger partial charge on any atom is 0.389 e. The van der Waals surface area contributed by atoms with E-state index >= 15 is 0 Å². The van der Waals surface area contributed by atoms with E-state index in [-0.39, 0.29) is 30.3 Å². The summed E-state index contributed by atoms with van der Waals surface area (Å²) in [5.74, 6) is 4.52. The number of primary sulfonamides is 1. The van der Waals surface area contributed by atoms with Crippen LogP contribution in [0.4, 0.5) is 13.2 Å². The molecule has 190 valence electrons. The van der Waals surface area contributed by atoms with E-state index in [1.165, 1.54) is 24.3 Å². The SMILES string of the molecule is CC(C)C#Cc1ccc(C(=O)NS(=O)(=O)c2ccccc2S(N)(=O)=O)cc1OCCCC(F)(F)F. The van der Waals surface area contributed by atoms with Gasteiger partial charge < -0.3 is 4.74 Å². The summed E-state index contributed by atoms with van der Waals surface area (Å²) in [7, 11) is -9.07. The molecule has 13 heteroatoms. The van der Waals surface area contributed by atoms with E-state index in [0.717, 1.165) is 18.2 Å². The smallest absolute Gasteiger partial charge is 0.389 e. The molecule has 2 rings (SSSR count). The molecule has 0 saturated carbocycles. The number of hydrogen-bond donors (Lipinski definition) is 2. The Balaban J connectivity index is 2.34. The maximum atomic E-state index is 12.7. The molecule has 2 aromatic rings. The number of halogens is 3. The first kappa shape index (κ1) is 28.2. The van der Waals surface area contributed by atoms with Crippen molar-refractivity contribution in [3.8, 4) is 17.6 Å². The molecule has 35 heavy (non-hydrogen) atoms. The number of nitrogens with one attached hydrogen (secondary N) is 1. The molecule has 2 aromatic carbocycles. The van der Waals surface area contributed by atoms with Crippen LogP contribution < -0.4 is 14.6 Å². The van der Waals surface area contributed by atoms with Crippen molar-refractivity contribution < 1.29 is 39.5 Å². The number of ether oxygens (including phenoxy) is 1. The van der Waals surface area contributed by atoms with Gasteiger partial charge >= 0.3 is 6.18 Å². The average molecular weight is 533 g/mol. The van der Waals surface area contributed by atoms with E-state index in [4.69, 9.17) is 9.88 Å². The van der Waals surface area contributed by atoms with Gasteiger partial charge in [-0.15, -0.1) is 0 Å². The van der Waals surface area contributed by atoms with Crippen molar-refractivity contribution >= 4 is 26.0 Å². The van der Waals surface area contributed by atoms with Gasteiger partial charge in [0.2, 0.25) is 10.0 Å². The minimum absolute atomic E-state index is 0.00434. The van der Waals surface area contributed by atoms with Crippen molar-refractivity contribution in [2.75, 3.05) is 6.61 Å². The van der Waals surface area contributed by atoms with E-state index < -0.39 is 48.3 Å². The fourth-order valence-corrected chi connectivity index (χ4v) is 5.06. The summed E-state index contributed by atoms with van der Waals surface area (Å²) >= 11 is 0. The van der Waals surface area contributed by atoms with Crippen LogP contribution in [0.15, 0.2) is 52.3 Å². The number of nitrogens with two attached hydrogens (primary N) is 1. The van der Waals surface area contributed by atoms with Crippen LogP contribution in [0.3, 0.4) is 0 Å². The number of alkyl halides is 3. The molecule has 0 bridgehead atoms. The van der Waals surface area contributed by atoms with E-state index in [1.54, 1.807) is 4.72 Å². The zero-order valence-corrected chi connectivity index (χ0v) is 20.4. The highest BCUT2D eigenvalue weighted by atomic mass is 32.2. The third kappa shape index (κ3) is 8.57. The van der Waals surface area contributed by atoms with Gasteiger partial charge in [-0.3, -0.25) is 4.79 Å². The highest BCUT2D eigenvalue weighted by molar-refractivity contribution is 7.92. The molecule has 1 amide bonds. The van der Waals surface area contributed by atoms with Gasteiger partial charge in [0.25, 0.3) is 15.9 Å². The molecule has 0 fully saturated rings. The van der Waals surface area contributed by atoms with Gasteiger partial charge in [0.05, 0.1) is 12.2 Å². The van der Waals surface area contributed by atoms with Gasteiger partial charge in [-0.1, -0.05) is 37.8 Å². The zero-order chi connectivity index (χ0) is 26.4. The van der Waals surface area contributed by atoms with Gasteiger partial charge in [-0.25, -0.2) is 26.7 Å². The Morgan fingerprint density at radius 2 is 1.71 bits per heavy atom. The molecule has 3 N–H and O–H groups in total. The molecule has 0 saturated heterocycles. The minimum Gasteiger partial charge on any atom is -0.492 e. The minimum atomic E-state index is -4.66. The third-order valence-electron chi connectivity index (χ3n) is 4.27. The summed E-state index contributed by atoms with van der Waals surface area (Å²) in [5.41, 5.74) is 0.0901. The van der Waals surface area contributed by atoms with Crippen LogP contribution in [0.2, 0.25) is 0 Å². The maximum absolute atomic E-state index is 12.7. The van der Waals surface area contributed by atoms with Gasteiger partial charge in [-0.05, 0) is 36.8 Å². The summed E-state index contributed by atoms with van der Waals surface area (Å²) in [6, 6.07) is 8.23. The summed E-state index contributed by atoms with van der Waals surface area (Å²) in [6.07, 6.45) is -5.76. The van der Waals surface area contributed by atoms with Crippen LogP contribution in [0.1, 0.15) is 42.6 Å². The molecular formula is C22H23F3N2O6S2. The lowest BCUT2D eigenvalue weighted by atomic mass is 10.1. The Labute approximate surface area is 201 Å². The lowest BCUT2D eigenvalue weighted by molar-refractivity contribution is -0.136. The molecule has 8 nitrogen and oxygen atoms in total. The van der Waals surface area contributed by atoms with E-state index in [9.17, 15) is 34.8 Å². The second-order valence-electron chi connectivity index (χ2n) is 7.63. The first-order chi connectivity index (χ1) is 16.1. The molecule has 0 heterocycles. The monoisotopic (exact) mass is 532 g/mol. The Kier molecular flexibility index (Phi) is 8.94. The van der Waals surface area contributed by atoms with Gasteiger partial charge in [-0.2, -0.15) is 13.2 Å². The summed E-state index contributed by atoms with van der Waals surface area (Å²) in [4.78, 5) is 11.3. The summed E-state index contributed by atoms with van der Waals surface area (Å²) < 4.78 is 93.3. The van der Waals surface area contributed by atoms with Gasteiger partial charge in [0.15, 0.2) is 0 Å². The van der Waals surface area contributed by atoms with Crippen LogP contribution in [0, 0.1) is 17.8 Å². The van der Waals surface area contributed by atoms with Crippen molar-refractivity contribution in [2.24, 2.45) is 11.1 Å². The Hall–Kier alpha value is -3.08. The van der Waals surface area contributed by atoms with Crippen molar-refractivity contribution in [3.63, 3.8) is 0 Å². The highest BCUT2D eigenvalue weighted by Gasteiger charge is 2.27. The standard InChI is InChI=1S/C22H23F3N2O6S2/c1-15(2)8-9-16-10-11-17(14-18(16)33-13-5-12-22(23,24)25)21(28)27-35(31,32)20-7-4-3-6-19(20)34(26,29)30/h3-4,6-7,10-11,14-15H,5,12-13H2,1-2H3,(H,27,28)(H2,26,29,30). The number of hydrogen-bond acceptors (Lipinski definition) is 6. The van der Waals surface area contributed by atoms with Crippen molar-refractivity contribution in [2.45, 2.75) is 42.7 Å². The largest absolute Gasteiger partial charge is 0.492 e. The van der Waals surface area contributed by atoms with Gasteiger partial charge in [0.1, 0.15) is 15.5 Å². The van der Waals surface area contributed by atoms with Crippen LogP contribution in [0.25, 0.3) is 0 Å².